The van der Waals surface area contributed by atoms with Crippen LogP contribution in [0.4, 0.5) is 5.82 Å². The third kappa shape index (κ3) is 3.59. The number of carbonyl (C=O) groups is 1. The number of hydrogen-bond donors (Lipinski definition) is 2. The molecule has 2 N–H and O–H groups in total. The summed E-state index contributed by atoms with van der Waals surface area (Å²) in [5, 5.41) is 6.27. The van der Waals surface area contributed by atoms with E-state index in [0.29, 0.717) is 16.5 Å². The molecule has 0 aliphatic carbocycles. The Hall–Kier alpha value is -1.05. The van der Waals surface area contributed by atoms with Gasteiger partial charge in [-0.2, -0.15) is 0 Å². The van der Waals surface area contributed by atoms with E-state index in [9.17, 15) is 4.79 Å². The van der Waals surface area contributed by atoms with Gasteiger partial charge in [0.15, 0.2) is 5.82 Å². The molecule has 7 heteroatoms. The molecule has 1 atom stereocenters. The quantitative estimate of drug-likeness (QED) is 0.859. The van der Waals surface area contributed by atoms with Crippen LogP contribution in [-0.4, -0.2) is 52.5 Å². The van der Waals surface area contributed by atoms with Crippen molar-refractivity contribution in [2.24, 2.45) is 0 Å². The van der Waals surface area contributed by atoms with Crippen molar-refractivity contribution in [3.8, 4) is 0 Å². The summed E-state index contributed by atoms with van der Waals surface area (Å²) in [4.78, 5) is 23.1. The average molecular weight is 354 g/mol. The van der Waals surface area contributed by atoms with Gasteiger partial charge in [0, 0.05) is 6.04 Å². The highest BCUT2D eigenvalue weighted by Gasteiger charge is 2.35. The Bertz CT molecular complexity index is 489. The van der Waals surface area contributed by atoms with E-state index in [1.54, 1.807) is 12.4 Å². The number of piperidine rings is 1. The predicted molar refractivity (Wildman–Crippen MR) is 84.0 cm³/mol. The summed E-state index contributed by atoms with van der Waals surface area (Å²) in [5.41, 5.74) is 0. The number of nitrogens with one attached hydrogen (secondary N) is 2. The van der Waals surface area contributed by atoms with Crippen LogP contribution >= 0.6 is 15.9 Å². The highest BCUT2D eigenvalue weighted by molar-refractivity contribution is 9.10. The van der Waals surface area contributed by atoms with E-state index in [-0.39, 0.29) is 11.9 Å². The van der Waals surface area contributed by atoms with Gasteiger partial charge in [-0.25, -0.2) is 9.97 Å². The highest BCUT2D eigenvalue weighted by atomic mass is 79.9. The van der Waals surface area contributed by atoms with Crippen LogP contribution < -0.4 is 10.6 Å². The zero-order valence-corrected chi connectivity index (χ0v) is 13.5. The van der Waals surface area contributed by atoms with Crippen LogP contribution in [0.2, 0.25) is 0 Å². The maximum absolute atomic E-state index is 12.5. The third-order valence-corrected chi connectivity index (χ3v) is 4.66. The van der Waals surface area contributed by atoms with E-state index >= 15 is 0 Å². The Morgan fingerprint density at radius 2 is 2.10 bits per heavy atom. The monoisotopic (exact) mass is 353 g/mol. The number of amides is 1. The van der Waals surface area contributed by atoms with E-state index < -0.39 is 0 Å². The molecule has 21 heavy (non-hydrogen) atoms. The number of hydrogen-bond acceptors (Lipinski definition) is 5. The number of likely N-dealkylation sites (tertiary alicyclic amines) is 1. The van der Waals surface area contributed by atoms with Crippen molar-refractivity contribution in [2.75, 3.05) is 25.0 Å². The molecular weight excluding hydrogens is 334 g/mol. The molecule has 1 aromatic rings. The lowest BCUT2D eigenvalue weighted by atomic mass is 10.0. The van der Waals surface area contributed by atoms with Gasteiger partial charge < -0.3 is 10.6 Å². The zero-order chi connectivity index (χ0) is 14.7. The van der Waals surface area contributed by atoms with Crippen molar-refractivity contribution in [3.05, 3.63) is 17.0 Å². The minimum absolute atomic E-state index is 0.0291. The van der Waals surface area contributed by atoms with Crippen LogP contribution in [0.25, 0.3) is 0 Å². The summed E-state index contributed by atoms with van der Waals surface area (Å²) in [6.07, 6.45) is 7.44. The van der Waals surface area contributed by atoms with Crippen molar-refractivity contribution in [1.82, 2.24) is 20.2 Å². The molecule has 6 nitrogen and oxygen atoms in total. The van der Waals surface area contributed by atoms with Gasteiger partial charge in [0.1, 0.15) is 4.60 Å². The lowest BCUT2D eigenvalue weighted by Gasteiger charge is -2.35. The Morgan fingerprint density at radius 1 is 1.29 bits per heavy atom. The van der Waals surface area contributed by atoms with Crippen LogP contribution in [0.15, 0.2) is 17.0 Å². The SMILES string of the molecule is O=C(Nc1cnc(Br)cn1)C1CCCN1C1CCNCC1. The number of halogens is 1. The van der Waals surface area contributed by atoms with Gasteiger partial charge >= 0.3 is 0 Å². The molecule has 0 bridgehead atoms. The molecule has 1 unspecified atom stereocenters. The molecule has 3 rings (SSSR count). The number of aromatic nitrogens is 2. The molecular formula is C14H20BrN5O. The van der Waals surface area contributed by atoms with Gasteiger partial charge in [-0.3, -0.25) is 9.69 Å². The number of carbonyl (C=O) groups excluding carboxylic acids is 1. The van der Waals surface area contributed by atoms with E-state index in [4.69, 9.17) is 0 Å². The van der Waals surface area contributed by atoms with Gasteiger partial charge in [0.25, 0.3) is 0 Å². The fourth-order valence-electron chi connectivity index (χ4n) is 3.23. The molecule has 2 aliphatic rings. The number of nitrogens with zero attached hydrogens (tertiary/aromatic N) is 3. The van der Waals surface area contributed by atoms with Gasteiger partial charge in [-0.15, -0.1) is 0 Å². The molecule has 0 saturated carbocycles. The minimum Gasteiger partial charge on any atom is -0.317 e. The number of anilines is 1. The lowest BCUT2D eigenvalue weighted by molar-refractivity contribution is -0.121. The van der Waals surface area contributed by atoms with Crippen LogP contribution in [-0.2, 0) is 4.79 Å². The first-order valence-corrected chi connectivity index (χ1v) is 8.28. The van der Waals surface area contributed by atoms with Crippen molar-refractivity contribution >= 4 is 27.7 Å². The van der Waals surface area contributed by atoms with Crippen molar-refractivity contribution in [1.29, 1.82) is 0 Å². The highest BCUT2D eigenvalue weighted by Crippen LogP contribution is 2.25. The van der Waals surface area contributed by atoms with E-state index in [1.165, 1.54) is 0 Å². The first-order valence-electron chi connectivity index (χ1n) is 7.49. The molecule has 3 heterocycles. The first kappa shape index (κ1) is 14.9. The third-order valence-electron chi connectivity index (χ3n) is 4.25. The van der Waals surface area contributed by atoms with Crippen molar-refractivity contribution < 1.29 is 4.79 Å². The van der Waals surface area contributed by atoms with Crippen molar-refractivity contribution in [3.63, 3.8) is 0 Å². The fraction of sp³-hybridized carbons (Fsp3) is 0.643. The van der Waals surface area contributed by atoms with Gasteiger partial charge in [0.2, 0.25) is 5.91 Å². The molecule has 0 aromatic carbocycles. The van der Waals surface area contributed by atoms with Gasteiger partial charge in [0.05, 0.1) is 18.4 Å². The average Bonchev–Trinajstić information content (AvgIpc) is 3.00. The summed E-state index contributed by atoms with van der Waals surface area (Å²) in [6, 6.07) is 0.499. The smallest absolute Gasteiger partial charge is 0.242 e. The van der Waals surface area contributed by atoms with Crippen LogP contribution in [0.3, 0.4) is 0 Å². The fourth-order valence-corrected chi connectivity index (χ4v) is 3.44. The maximum Gasteiger partial charge on any atom is 0.242 e. The molecule has 1 amide bonds. The second-order valence-electron chi connectivity index (χ2n) is 5.59. The largest absolute Gasteiger partial charge is 0.317 e. The Balaban J connectivity index is 1.63. The predicted octanol–water partition coefficient (Wildman–Crippen LogP) is 1.39. The minimum atomic E-state index is -0.0291. The second kappa shape index (κ2) is 6.81. The zero-order valence-electron chi connectivity index (χ0n) is 11.9. The lowest BCUT2D eigenvalue weighted by Crippen LogP contribution is -2.49. The Morgan fingerprint density at radius 3 is 2.81 bits per heavy atom. The summed E-state index contributed by atoms with van der Waals surface area (Å²) in [7, 11) is 0. The normalized spacial score (nSPS) is 24.1. The number of rotatable bonds is 3. The van der Waals surface area contributed by atoms with E-state index in [1.807, 2.05) is 0 Å². The van der Waals surface area contributed by atoms with Gasteiger partial charge in [-0.05, 0) is 61.2 Å². The maximum atomic E-state index is 12.5. The van der Waals surface area contributed by atoms with Crippen LogP contribution in [0.1, 0.15) is 25.7 Å². The summed E-state index contributed by atoms with van der Waals surface area (Å²) in [5.74, 6) is 0.558. The van der Waals surface area contributed by atoms with Crippen LogP contribution in [0.5, 0.6) is 0 Å². The molecule has 2 aliphatic heterocycles. The first-order chi connectivity index (χ1) is 10.2. The summed E-state index contributed by atoms with van der Waals surface area (Å²) >= 11 is 3.24. The summed E-state index contributed by atoms with van der Waals surface area (Å²) < 4.78 is 0.665. The molecule has 2 fully saturated rings. The topological polar surface area (TPSA) is 70.2 Å². The molecule has 0 radical (unpaired) electrons. The second-order valence-corrected chi connectivity index (χ2v) is 6.40. The Kier molecular flexibility index (Phi) is 4.82. The molecule has 114 valence electrons. The molecule has 0 spiro atoms. The van der Waals surface area contributed by atoms with E-state index in [0.717, 1.165) is 45.3 Å². The molecule has 1 aromatic heterocycles. The van der Waals surface area contributed by atoms with Crippen LogP contribution in [0, 0.1) is 0 Å². The van der Waals surface area contributed by atoms with Gasteiger partial charge in [-0.1, -0.05) is 0 Å². The summed E-state index contributed by atoms with van der Waals surface area (Å²) in [6.45, 7) is 3.12. The standard InChI is InChI=1S/C14H20BrN5O/c15-12-8-18-13(9-17-12)19-14(21)11-2-1-7-20(11)10-3-5-16-6-4-10/h8-11,16H,1-7H2,(H,18,19,21). The molecule has 2 saturated heterocycles. The Labute approximate surface area is 132 Å². The van der Waals surface area contributed by atoms with Crippen molar-refractivity contribution in [2.45, 2.75) is 37.8 Å². The van der Waals surface area contributed by atoms with E-state index in [2.05, 4.69) is 41.4 Å².